The third-order valence-electron chi connectivity index (χ3n) is 15.8. The van der Waals surface area contributed by atoms with Crippen LogP contribution in [0.3, 0.4) is 0 Å². The highest BCUT2D eigenvalue weighted by Gasteiger charge is 2.50. The van der Waals surface area contributed by atoms with E-state index in [1.54, 1.807) is 4.68 Å². The number of anilines is 2. The average molecular weight is 993 g/mol. The molecule has 4 saturated heterocycles. The number of nitrogens with one attached hydrogen (secondary N) is 2. The van der Waals surface area contributed by atoms with E-state index in [9.17, 15) is 19.2 Å². The monoisotopic (exact) mass is 991 g/mol. The lowest BCUT2D eigenvalue weighted by atomic mass is 9.77. The van der Waals surface area contributed by atoms with Crippen molar-refractivity contribution in [3.63, 3.8) is 0 Å². The molecule has 10 rings (SSSR count). The van der Waals surface area contributed by atoms with Crippen molar-refractivity contribution in [2.45, 2.75) is 69.4 Å². The van der Waals surface area contributed by atoms with Gasteiger partial charge in [0.15, 0.2) is 23.0 Å². The van der Waals surface area contributed by atoms with E-state index in [1.165, 1.54) is 30.2 Å². The second kappa shape index (κ2) is 19.7. The molecule has 4 fully saturated rings. The summed E-state index contributed by atoms with van der Waals surface area (Å²) in [5.41, 5.74) is 7.62. The number of ether oxygens (including phenoxy) is 2. The minimum atomic E-state index is -1.03. The summed E-state index contributed by atoms with van der Waals surface area (Å²) in [7, 11) is 3.18. The van der Waals surface area contributed by atoms with Gasteiger partial charge in [-0.3, -0.25) is 29.3 Å². The zero-order chi connectivity index (χ0) is 49.7. The lowest BCUT2D eigenvalue weighted by molar-refractivity contribution is -0.137. The average Bonchev–Trinajstić information content (AvgIpc) is 3.86. The number of urea groups is 1. The number of methoxy groups -OCH3 is 1. The van der Waals surface area contributed by atoms with Gasteiger partial charge in [-0.25, -0.2) is 13.6 Å². The molecule has 0 spiro atoms. The Morgan fingerprint density at radius 1 is 0.930 bits per heavy atom. The molecule has 2 unspecified atom stereocenters. The van der Waals surface area contributed by atoms with Crippen LogP contribution in [0.1, 0.15) is 79.3 Å². The standard InChI is InChI=1S/C53H60ClF2N9O6/c1-31-43-41(28-38(55)46(54)45(43)44-36(49(57)67)12-13-40(70-3)47(44)56)71-53(31,34-8-5-4-6-9-34)30-58-35-18-21-62(22-19-35)29-32-14-23-64(24-15-32)51(68)33-16-25-63(26-17-33)39-11-7-10-37-48(39)61(2)60-50(37)65-27-20-42(66)59-52(65)69/h4-13,28,31-33,35,58H,14-27,29-30H2,1-3H3,(H2,57,67)(H,59,66,69). The number of halogens is 3. The summed E-state index contributed by atoms with van der Waals surface area (Å²) in [6.45, 7) is 8.44. The maximum atomic E-state index is 16.2. The van der Waals surface area contributed by atoms with Gasteiger partial charge in [0.05, 0.1) is 28.9 Å². The number of nitrogens with two attached hydrogens (primary N) is 1. The first-order chi connectivity index (χ1) is 34.3. The predicted molar refractivity (Wildman–Crippen MR) is 267 cm³/mol. The number of hydrogen-bond acceptors (Lipinski definition) is 10. The summed E-state index contributed by atoms with van der Waals surface area (Å²) < 4.78 is 45.9. The molecule has 5 aliphatic rings. The summed E-state index contributed by atoms with van der Waals surface area (Å²) in [4.78, 5) is 59.5. The van der Waals surface area contributed by atoms with Gasteiger partial charge in [0, 0.05) is 105 Å². The van der Waals surface area contributed by atoms with Gasteiger partial charge in [0.1, 0.15) is 11.6 Å². The number of aryl methyl sites for hydroxylation is 1. The highest BCUT2D eigenvalue weighted by Crippen LogP contribution is 2.56. The molecule has 6 heterocycles. The number of hydrogen-bond donors (Lipinski definition) is 3. The van der Waals surface area contributed by atoms with Crippen LogP contribution in [0.15, 0.2) is 66.7 Å². The van der Waals surface area contributed by atoms with Crippen LogP contribution in [0.5, 0.6) is 11.5 Å². The number of benzene rings is 4. The lowest BCUT2D eigenvalue weighted by Gasteiger charge is -2.40. The Hall–Kier alpha value is -6.30. The molecule has 5 aliphatic heterocycles. The molecule has 2 atom stereocenters. The topological polar surface area (TPSA) is 168 Å². The van der Waals surface area contributed by atoms with Crippen LogP contribution in [0.25, 0.3) is 22.0 Å². The molecule has 0 saturated carbocycles. The van der Waals surface area contributed by atoms with E-state index >= 15 is 8.78 Å². The van der Waals surface area contributed by atoms with Gasteiger partial charge in [-0.15, -0.1) is 0 Å². The van der Waals surface area contributed by atoms with Gasteiger partial charge in [-0.2, -0.15) is 5.10 Å². The number of rotatable bonds is 12. The molecule has 4 N–H and O–H groups in total. The minimum Gasteiger partial charge on any atom is -0.494 e. The Kier molecular flexibility index (Phi) is 13.4. The van der Waals surface area contributed by atoms with Crippen LogP contribution < -0.4 is 35.6 Å². The van der Waals surface area contributed by atoms with E-state index in [-0.39, 0.29) is 70.0 Å². The maximum Gasteiger partial charge on any atom is 0.329 e. The van der Waals surface area contributed by atoms with E-state index in [0.29, 0.717) is 23.8 Å². The first kappa shape index (κ1) is 48.3. The summed E-state index contributed by atoms with van der Waals surface area (Å²) >= 11 is 6.71. The van der Waals surface area contributed by atoms with Gasteiger partial charge in [-0.1, -0.05) is 54.9 Å². The minimum absolute atomic E-state index is 0.0152. The number of aromatic nitrogens is 2. The molecule has 1 aromatic heterocycles. The third-order valence-corrected chi connectivity index (χ3v) is 16.1. The first-order valence-electron chi connectivity index (χ1n) is 24.8. The van der Waals surface area contributed by atoms with Gasteiger partial charge >= 0.3 is 6.03 Å². The number of primary amides is 1. The maximum absolute atomic E-state index is 16.2. The number of carbonyl (C=O) groups is 4. The Bertz CT molecular complexity index is 2880. The van der Waals surface area contributed by atoms with Crippen LogP contribution in [0, 0.1) is 23.5 Å². The van der Waals surface area contributed by atoms with Crippen LogP contribution in [0.4, 0.5) is 25.1 Å². The molecule has 0 aliphatic carbocycles. The summed E-state index contributed by atoms with van der Waals surface area (Å²) in [6, 6.07) is 19.3. The smallest absolute Gasteiger partial charge is 0.329 e. The zero-order valence-corrected chi connectivity index (χ0v) is 41.1. The molecule has 374 valence electrons. The van der Waals surface area contributed by atoms with Crippen molar-refractivity contribution in [2.75, 3.05) is 75.8 Å². The molecule has 5 aromatic rings. The number of carbonyl (C=O) groups excluding carboxylic acids is 4. The predicted octanol–water partition coefficient (Wildman–Crippen LogP) is 7.33. The number of imide groups is 1. The van der Waals surface area contributed by atoms with E-state index in [2.05, 4.69) is 31.4 Å². The zero-order valence-electron chi connectivity index (χ0n) is 40.3. The molecular weight excluding hydrogens is 932 g/mol. The number of amides is 5. The largest absolute Gasteiger partial charge is 0.494 e. The number of piperidine rings is 3. The summed E-state index contributed by atoms with van der Waals surface area (Å²) in [6.07, 6.45) is 5.52. The van der Waals surface area contributed by atoms with Crippen molar-refractivity contribution in [1.82, 2.24) is 30.2 Å². The van der Waals surface area contributed by atoms with Crippen LogP contribution >= 0.6 is 11.6 Å². The van der Waals surface area contributed by atoms with Crippen LogP contribution in [0.2, 0.25) is 5.02 Å². The van der Waals surface area contributed by atoms with Crippen molar-refractivity contribution in [2.24, 2.45) is 24.6 Å². The van der Waals surface area contributed by atoms with Gasteiger partial charge in [-0.05, 0) is 87.4 Å². The van der Waals surface area contributed by atoms with E-state index < -0.39 is 35.1 Å². The Labute approximate surface area is 416 Å². The number of para-hydroxylation sites is 1. The summed E-state index contributed by atoms with van der Waals surface area (Å²) in [5.74, 6) is -2.00. The van der Waals surface area contributed by atoms with E-state index in [0.717, 1.165) is 106 Å². The molecule has 0 bridgehead atoms. The lowest BCUT2D eigenvalue weighted by Crippen LogP contribution is -2.51. The van der Waals surface area contributed by atoms with Crippen molar-refractivity contribution >= 4 is 57.8 Å². The van der Waals surface area contributed by atoms with E-state index in [4.69, 9.17) is 31.9 Å². The number of fused-ring (bicyclic) bond motifs is 2. The van der Waals surface area contributed by atoms with Crippen molar-refractivity contribution < 1.29 is 37.4 Å². The third kappa shape index (κ3) is 8.94. The Morgan fingerprint density at radius 3 is 2.35 bits per heavy atom. The van der Waals surface area contributed by atoms with Crippen LogP contribution in [-0.2, 0) is 22.2 Å². The van der Waals surface area contributed by atoms with Crippen molar-refractivity contribution in [3.05, 3.63) is 100 Å². The second-order valence-electron chi connectivity index (χ2n) is 19.8. The molecule has 4 aromatic carbocycles. The highest BCUT2D eigenvalue weighted by molar-refractivity contribution is 6.34. The Morgan fingerprint density at radius 2 is 1.66 bits per heavy atom. The van der Waals surface area contributed by atoms with Gasteiger partial charge in [0.25, 0.3) is 0 Å². The highest BCUT2D eigenvalue weighted by atomic mass is 35.5. The summed E-state index contributed by atoms with van der Waals surface area (Å²) in [5, 5.41) is 11.4. The molecule has 15 nitrogen and oxygen atoms in total. The number of likely N-dealkylation sites (tertiary alicyclic amines) is 2. The fourth-order valence-electron chi connectivity index (χ4n) is 11.8. The fourth-order valence-corrected chi connectivity index (χ4v) is 12.1. The van der Waals surface area contributed by atoms with Gasteiger partial charge < -0.3 is 35.2 Å². The second-order valence-corrected chi connectivity index (χ2v) is 20.1. The fraction of sp³-hybridized carbons (Fsp3) is 0.453. The quantitative estimate of drug-likeness (QED) is 0.115. The molecule has 71 heavy (non-hydrogen) atoms. The molecular formula is C53H60ClF2N9O6. The first-order valence-corrected chi connectivity index (χ1v) is 25.1. The Balaban J connectivity index is 0.733. The van der Waals surface area contributed by atoms with Crippen LogP contribution in [-0.4, -0.2) is 115 Å². The van der Waals surface area contributed by atoms with Crippen molar-refractivity contribution in [1.29, 1.82) is 0 Å². The van der Waals surface area contributed by atoms with E-state index in [1.807, 2.05) is 56.4 Å². The normalized spacial score (nSPS) is 21.7. The molecule has 5 amide bonds. The molecule has 0 radical (unpaired) electrons. The number of nitrogens with zero attached hydrogens (tertiary/aromatic N) is 6. The van der Waals surface area contributed by atoms with Gasteiger partial charge in [0.2, 0.25) is 17.7 Å². The van der Waals surface area contributed by atoms with Crippen molar-refractivity contribution in [3.8, 4) is 22.6 Å². The SMILES string of the molecule is COc1ccc(C(N)=O)c(-c2c(Cl)c(F)cc3c2C(C)C(CNC2CCN(CC4CCN(C(=O)C5CCN(c6cccc7c(N8CCC(=O)NC8=O)nn(C)c67)CC5)CC4)CC2)(c2ccccc2)O3)c1F. The molecule has 18 heteroatoms.